The molecule has 0 amide bonds. The number of anilines is 1. The SMILES string of the molecule is C[Si](C)(C)n1cnc(N2CCCCC2)c1. The van der Waals surface area contributed by atoms with Crippen LogP contribution >= 0.6 is 0 Å². The van der Waals surface area contributed by atoms with Crippen LogP contribution in [0.2, 0.25) is 19.6 Å². The summed E-state index contributed by atoms with van der Waals surface area (Å²) in [5, 5.41) is 0. The van der Waals surface area contributed by atoms with Gasteiger partial charge in [-0.25, -0.2) is 4.98 Å². The first-order valence-electron chi connectivity index (χ1n) is 5.87. The van der Waals surface area contributed by atoms with Crippen molar-refractivity contribution in [2.75, 3.05) is 18.0 Å². The van der Waals surface area contributed by atoms with Crippen molar-refractivity contribution in [3.8, 4) is 0 Å². The molecule has 0 spiro atoms. The zero-order valence-electron chi connectivity index (χ0n) is 10.0. The van der Waals surface area contributed by atoms with Gasteiger partial charge in [0.05, 0.1) is 6.33 Å². The topological polar surface area (TPSA) is 21.1 Å². The predicted octanol–water partition coefficient (Wildman–Crippen LogP) is 2.56. The minimum Gasteiger partial charge on any atom is -0.363 e. The standard InChI is InChI=1S/C11H21N3Si/c1-15(2,3)14-9-11(12-10-14)13-7-5-4-6-8-13/h9-10H,4-8H2,1-3H3. The molecule has 0 unspecified atom stereocenters. The summed E-state index contributed by atoms with van der Waals surface area (Å²) in [7, 11) is -1.25. The molecule has 1 aliphatic heterocycles. The summed E-state index contributed by atoms with van der Waals surface area (Å²) in [5.74, 6) is 1.18. The number of nitrogens with zero attached hydrogens (tertiary/aromatic N) is 3. The van der Waals surface area contributed by atoms with Gasteiger partial charge in [-0.15, -0.1) is 0 Å². The van der Waals surface area contributed by atoms with Gasteiger partial charge in [-0.2, -0.15) is 0 Å². The highest BCUT2D eigenvalue weighted by molar-refractivity contribution is 6.74. The van der Waals surface area contributed by atoms with Crippen LogP contribution in [0.15, 0.2) is 12.5 Å². The quantitative estimate of drug-likeness (QED) is 0.719. The zero-order valence-corrected chi connectivity index (χ0v) is 11.0. The van der Waals surface area contributed by atoms with E-state index in [1.165, 1.54) is 38.2 Å². The summed E-state index contributed by atoms with van der Waals surface area (Å²) in [6.45, 7) is 9.39. The third kappa shape index (κ3) is 2.42. The van der Waals surface area contributed by atoms with E-state index in [4.69, 9.17) is 0 Å². The minimum atomic E-state index is -1.25. The molecule has 1 aliphatic rings. The van der Waals surface area contributed by atoms with Crippen molar-refractivity contribution in [3.05, 3.63) is 12.5 Å². The summed E-state index contributed by atoms with van der Waals surface area (Å²) in [6, 6.07) is 0. The molecule has 15 heavy (non-hydrogen) atoms. The van der Waals surface area contributed by atoms with Crippen LogP contribution in [0.4, 0.5) is 5.82 Å². The van der Waals surface area contributed by atoms with Gasteiger partial charge in [0.2, 0.25) is 0 Å². The highest BCUT2D eigenvalue weighted by Gasteiger charge is 2.19. The van der Waals surface area contributed by atoms with Crippen molar-refractivity contribution in [1.29, 1.82) is 0 Å². The van der Waals surface area contributed by atoms with E-state index in [1.54, 1.807) is 0 Å². The third-order valence-electron chi connectivity index (χ3n) is 3.02. The van der Waals surface area contributed by atoms with Crippen LogP contribution in [-0.2, 0) is 0 Å². The molecule has 0 aliphatic carbocycles. The zero-order chi connectivity index (χ0) is 10.9. The summed E-state index contributed by atoms with van der Waals surface area (Å²) in [6.07, 6.45) is 8.26. The van der Waals surface area contributed by atoms with Gasteiger partial charge >= 0.3 is 0 Å². The maximum atomic E-state index is 4.53. The number of hydrogen-bond donors (Lipinski definition) is 0. The van der Waals surface area contributed by atoms with E-state index in [-0.39, 0.29) is 0 Å². The molecule has 2 rings (SSSR count). The highest BCUT2D eigenvalue weighted by atomic mass is 28.3. The van der Waals surface area contributed by atoms with E-state index >= 15 is 0 Å². The molecule has 0 bridgehead atoms. The first kappa shape index (κ1) is 10.7. The fraction of sp³-hybridized carbons (Fsp3) is 0.727. The molecule has 0 N–H and O–H groups in total. The van der Waals surface area contributed by atoms with Crippen molar-refractivity contribution in [2.45, 2.75) is 38.9 Å². The fourth-order valence-corrected chi connectivity index (χ4v) is 2.87. The number of aromatic nitrogens is 2. The Labute approximate surface area is 93.2 Å². The third-order valence-corrected chi connectivity index (χ3v) is 4.82. The Kier molecular flexibility index (Phi) is 2.86. The van der Waals surface area contributed by atoms with Gasteiger partial charge in [-0.3, -0.25) is 0 Å². The van der Waals surface area contributed by atoms with E-state index in [9.17, 15) is 0 Å². The van der Waals surface area contributed by atoms with Crippen LogP contribution < -0.4 is 4.90 Å². The van der Waals surface area contributed by atoms with Crippen LogP contribution in [0.5, 0.6) is 0 Å². The lowest BCUT2D eigenvalue weighted by atomic mass is 10.1. The molecular weight excluding hydrogens is 202 g/mol. The van der Waals surface area contributed by atoms with Crippen LogP contribution in [0.1, 0.15) is 19.3 Å². The molecule has 0 saturated carbocycles. The van der Waals surface area contributed by atoms with Gasteiger partial charge in [-0.05, 0) is 19.3 Å². The van der Waals surface area contributed by atoms with Crippen molar-refractivity contribution in [1.82, 2.24) is 9.22 Å². The molecule has 2 heterocycles. The number of piperidine rings is 1. The van der Waals surface area contributed by atoms with E-state index in [2.05, 4.69) is 40.0 Å². The average Bonchev–Trinajstić information content (AvgIpc) is 2.67. The normalized spacial score (nSPS) is 18.2. The molecule has 1 saturated heterocycles. The molecule has 84 valence electrons. The highest BCUT2D eigenvalue weighted by Crippen LogP contribution is 2.19. The Hall–Kier alpha value is -0.773. The van der Waals surface area contributed by atoms with Crippen molar-refractivity contribution >= 4 is 14.1 Å². The molecule has 1 fully saturated rings. The van der Waals surface area contributed by atoms with Gasteiger partial charge in [0.15, 0.2) is 8.24 Å². The monoisotopic (exact) mass is 223 g/mol. The molecule has 3 nitrogen and oxygen atoms in total. The van der Waals surface area contributed by atoms with Crippen LogP contribution in [-0.4, -0.2) is 30.5 Å². The van der Waals surface area contributed by atoms with Gasteiger partial charge in [0, 0.05) is 19.3 Å². The lowest BCUT2D eigenvalue weighted by molar-refractivity contribution is 0.574. The Morgan fingerprint density at radius 3 is 2.33 bits per heavy atom. The summed E-state index contributed by atoms with van der Waals surface area (Å²) < 4.78 is 2.33. The smallest absolute Gasteiger partial charge is 0.154 e. The Bertz CT molecular complexity index is 321. The van der Waals surface area contributed by atoms with Gasteiger partial charge in [0.25, 0.3) is 0 Å². The maximum Gasteiger partial charge on any atom is 0.154 e. The predicted molar refractivity (Wildman–Crippen MR) is 67.0 cm³/mol. The molecule has 4 heteroatoms. The van der Waals surface area contributed by atoms with Gasteiger partial charge in [0.1, 0.15) is 5.82 Å². The number of imidazole rings is 1. The van der Waals surface area contributed by atoms with Crippen LogP contribution in [0, 0.1) is 0 Å². The Balaban J connectivity index is 2.12. The largest absolute Gasteiger partial charge is 0.363 e. The second-order valence-electron chi connectivity index (χ2n) is 5.36. The molecule has 1 aromatic heterocycles. The van der Waals surface area contributed by atoms with Gasteiger partial charge < -0.3 is 9.13 Å². The lowest BCUT2D eigenvalue weighted by Crippen LogP contribution is -2.31. The number of rotatable bonds is 2. The second-order valence-corrected chi connectivity index (χ2v) is 10.2. The van der Waals surface area contributed by atoms with Crippen molar-refractivity contribution in [3.63, 3.8) is 0 Å². The molecule has 0 aromatic carbocycles. The average molecular weight is 223 g/mol. The van der Waals surface area contributed by atoms with E-state index in [0.29, 0.717) is 0 Å². The second kappa shape index (κ2) is 4.00. The van der Waals surface area contributed by atoms with E-state index < -0.39 is 8.24 Å². The van der Waals surface area contributed by atoms with Gasteiger partial charge in [-0.1, -0.05) is 19.6 Å². The van der Waals surface area contributed by atoms with Crippen molar-refractivity contribution in [2.24, 2.45) is 0 Å². The molecular formula is C11H21N3Si. The first-order chi connectivity index (χ1) is 7.07. The fourth-order valence-electron chi connectivity index (χ4n) is 1.97. The van der Waals surface area contributed by atoms with E-state index in [0.717, 1.165) is 0 Å². The maximum absolute atomic E-state index is 4.53. The van der Waals surface area contributed by atoms with Crippen molar-refractivity contribution < 1.29 is 0 Å². The number of hydrogen-bond acceptors (Lipinski definition) is 2. The summed E-state index contributed by atoms with van der Waals surface area (Å²) in [5.41, 5.74) is 0. The first-order valence-corrected chi connectivity index (χ1v) is 9.31. The lowest BCUT2D eigenvalue weighted by Gasteiger charge is -2.26. The minimum absolute atomic E-state index is 1.18. The molecule has 0 radical (unpaired) electrons. The molecule has 0 atom stereocenters. The Morgan fingerprint density at radius 1 is 1.13 bits per heavy atom. The molecule has 1 aromatic rings. The van der Waals surface area contributed by atoms with E-state index in [1.807, 2.05) is 6.33 Å². The Morgan fingerprint density at radius 2 is 1.80 bits per heavy atom. The summed E-state index contributed by atoms with van der Waals surface area (Å²) in [4.78, 5) is 6.95. The summed E-state index contributed by atoms with van der Waals surface area (Å²) >= 11 is 0. The van der Waals surface area contributed by atoms with Crippen LogP contribution in [0.3, 0.4) is 0 Å². The van der Waals surface area contributed by atoms with Crippen LogP contribution in [0.25, 0.3) is 0 Å².